The van der Waals surface area contributed by atoms with E-state index >= 15 is 0 Å². The summed E-state index contributed by atoms with van der Waals surface area (Å²) in [6, 6.07) is 3.66. The van der Waals surface area contributed by atoms with Crippen LogP contribution in [0.4, 0.5) is 4.79 Å². The first kappa shape index (κ1) is 17.2. The molecule has 122 valence electrons. The Balaban J connectivity index is 2.17. The molecule has 23 heavy (non-hydrogen) atoms. The van der Waals surface area contributed by atoms with E-state index in [4.69, 9.17) is 23.2 Å². The fraction of sp³-hybridized carbons (Fsp3) is 0.286. The molecule has 1 fully saturated rings. The van der Waals surface area contributed by atoms with Gasteiger partial charge in [0.25, 0.3) is 0 Å². The number of urea groups is 1. The maximum absolute atomic E-state index is 12.2. The van der Waals surface area contributed by atoms with Crippen LogP contribution in [-0.2, 0) is 25.7 Å². The van der Waals surface area contributed by atoms with Gasteiger partial charge in [0.2, 0.25) is 0 Å². The Bertz CT molecular complexity index is 692. The lowest BCUT2D eigenvalue weighted by Crippen LogP contribution is -2.37. The van der Waals surface area contributed by atoms with E-state index in [2.05, 4.69) is 4.74 Å². The van der Waals surface area contributed by atoms with Crippen molar-refractivity contribution in [1.82, 2.24) is 9.80 Å². The Morgan fingerprint density at radius 2 is 1.78 bits per heavy atom. The Morgan fingerprint density at radius 1 is 1.13 bits per heavy atom. The summed E-state index contributed by atoms with van der Waals surface area (Å²) in [4.78, 5) is 48.7. The van der Waals surface area contributed by atoms with Gasteiger partial charge in [0.15, 0.2) is 0 Å². The second-order valence-corrected chi connectivity index (χ2v) is 5.45. The largest absolute Gasteiger partial charge is 0.465 e. The maximum atomic E-state index is 12.2. The van der Waals surface area contributed by atoms with Gasteiger partial charge >= 0.3 is 23.8 Å². The molecule has 1 aliphatic heterocycles. The normalized spacial score (nSPS) is 14.7. The second-order valence-electron chi connectivity index (χ2n) is 4.61. The quantitative estimate of drug-likeness (QED) is 0.455. The summed E-state index contributed by atoms with van der Waals surface area (Å²) >= 11 is 11.8. The Labute approximate surface area is 141 Å². The number of rotatable bonds is 5. The van der Waals surface area contributed by atoms with Crippen molar-refractivity contribution in [2.24, 2.45) is 0 Å². The molecule has 0 radical (unpaired) electrons. The number of hydrogen-bond donors (Lipinski definition) is 0. The molecular weight excluding hydrogens is 347 g/mol. The minimum absolute atomic E-state index is 0.104. The number of imide groups is 2. The van der Waals surface area contributed by atoms with E-state index in [1.165, 1.54) is 6.07 Å². The molecule has 4 amide bonds. The highest BCUT2D eigenvalue weighted by atomic mass is 35.5. The van der Waals surface area contributed by atoms with E-state index in [9.17, 15) is 19.2 Å². The third-order valence-corrected chi connectivity index (χ3v) is 3.66. The van der Waals surface area contributed by atoms with E-state index in [1.54, 1.807) is 19.1 Å². The van der Waals surface area contributed by atoms with Crippen LogP contribution in [0.15, 0.2) is 18.2 Å². The average molecular weight is 359 g/mol. The molecule has 0 atom stereocenters. The predicted octanol–water partition coefficient (Wildman–Crippen LogP) is 1.85. The Hall–Kier alpha value is -2.12. The molecule has 0 aliphatic carbocycles. The summed E-state index contributed by atoms with van der Waals surface area (Å²) < 4.78 is 4.67. The van der Waals surface area contributed by atoms with Crippen LogP contribution in [-0.4, -0.2) is 46.8 Å². The summed E-state index contributed by atoms with van der Waals surface area (Å²) in [6.07, 6.45) is 0. The lowest BCUT2D eigenvalue weighted by Gasteiger charge is -2.15. The monoisotopic (exact) mass is 358 g/mol. The molecule has 0 aromatic heterocycles. The smallest absolute Gasteiger partial charge is 0.335 e. The Morgan fingerprint density at radius 3 is 2.39 bits per heavy atom. The number of nitrogens with zero attached hydrogens (tertiary/aromatic N) is 2. The molecular formula is C14H12Cl2N2O5. The van der Waals surface area contributed by atoms with Crippen molar-refractivity contribution in [2.45, 2.75) is 13.5 Å². The summed E-state index contributed by atoms with van der Waals surface area (Å²) in [5, 5.41) is 0.659. The number of carbonyl (C=O) groups excluding carboxylic acids is 4. The third-order valence-electron chi connectivity index (χ3n) is 3.07. The molecule has 0 bridgehead atoms. The van der Waals surface area contributed by atoms with Gasteiger partial charge in [0.05, 0.1) is 13.2 Å². The first-order chi connectivity index (χ1) is 10.8. The highest BCUT2D eigenvalue weighted by Crippen LogP contribution is 2.24. The van der Waals surface area contributed by atoms with Gasteiger partial charge in [-0.3, -0.25) is 19.3 Å². The summed E-state index contributed by atoms with van der Waals surface area (Å²) in [5.74, 6) is -2.87. The lowest BCUT2D eigenvalue weighted by molar-refractivity contribution is -0.148. The third kappa shape index (κ3) is 3.62. The van der Waals surface area contributed by atoms with Crippen LogP contribution in [0.3, 0.4) is 0 Å². The molecule has 1 aromatic rings. The van der Waals surface area contributed by atoms with Gasteiger partial charge in [-0.05, 0) is 24.6 Å². The summed E-state index contributed by atoms with van der Waals surface area (Å²) in [7, 11) is 0. The van der Waals surface area contributed by atoms with Crippen LogP contribution in [0, 0.1) is 0 Å². The zero-order valence-electron chi connectivity index (χ0n) is 12.0. The van der Waals surface area contributed by atoms with E-state index in [0.717, 1.165) is 4.90 Å². The second kappa shape index (κ2) is 6.97. The minimum atomic E-state index is -1.08. The van der Waals surface area contributed by atoms with Crippen LogP contribution in [0.1, 0.15) is 12.5 Å². The average Bonchev–Trinajstić information content (AvgIpc) is 2.68. The molecule has 0 saturated carbocycles. The summed E-state index contributed by atoms with van der Waals surface area (Å²) in [5.41, 5.74) is 0.448. The van der Waals surface area contributed by atoms with Gasteiger partial charge in [-0.25, -0.2) is 9.69 Å². The first-order valence-electron chi connectivity index (χ1n) is 6.62. The number of hydrogen-bond acceptors (Lipinski definition) is 5. The van der Waals surface area contributed by atoms with E-state index in [1.807, 2.05) is 0 Å². The van der Waals surface area contributed by atoms with Crippen molar-refractivity contribution in [3.05, 3.63) is 33.8 Å². The minimum Gasteiger partial charge on any atom is -0.465 e. The van der Waals surface area contributed by atoms with Crippen LogP contribution in [0.2, 0.25) is 10.0 Å². The molecule has 1 saturated heterocycles. The zero-order valence-corrected chi connectivity index (χ0v) is 13.6. The van der Waals surface area contributed by atoms with Crippen LogP contribution >= 0.6 is 23.2 Å². The maximum Gasteiger partial charge on any atom is 0.335 e. The van der Waals surface area contributed by atoms with E-state index in [0.29, 0.717) is 15.5 Å². The standard InChI is InChI=1S/C14H12Cl2N2O5/c1-2-23-11(19)7-18-13(21)12(20)17(14(18)22)6-8-3-4-9(15)5-10(8)16/h3-5H,2,6-7H2,1H3. The van der Waals surface area contributed by atoms with Crippen LogP contribution < -0.4 is 0 Å². The fourth-order valence-corrected chi connectivity index (χ4v) is 2.45. The van der Waals surface area contributed by atoms with Crippen molar-refractivity contribution in [3.63, 3.8) is 0 Å². The number of amides is 4. The highest BCUT2D eigenvalue weighted by molar-refractivity contribution is 6.45. The molecule has 7 nitrogen and oxygen atoms in total. The van der Waals surface area contributed by atoms with Gasteiger partial charge in [0, 0.05) is 10.0 Å². The van der Waals surface area contributed by atoms with Gasteiger partial charge in [0.1, 0.15) is 6.54 Å². The zero-order chi connectivity index (χ0) is 17.1. The summed E-state index contributed by atoms with van der Waals surface area (Å²) in [6.45, 7) is 0.888. The molecule has 9 heteroatoms. The van der Waals surface area contributed by atoms with Crippen molar-refractivity contribution in [2.75, 3.05) is 13.2 Å². The Kier molecular flexibility index (Phi) is 5.23. The molecule has 1 aromatic carbocycles. The highest BCUT2D eigenvalue weighted by Gasteiger charge is 2.45. The molecule has 1 heterocycles. The van der Waals surface area contributed by atoms with Gasteiger partial charge in [-0.1, -0.05) is 29.3 Å². The van der Waals surface area contributed by atoms with Gasteiger partial charge in [-0.15, -0.1) is 0 Å². The predicted molar refractivity (Wildman–Crippen MR) is 80.8 cm³/mol. The van der Waals surface area contributed by atoms with E-state index in [-0.39, 0.29) is 18.2 Å². The van der Waals surface area contributed by atoms with Crippen LogP contribution in [0.25, 0.3) is 0 Å². The topological polar surface area (TPSA) is 84.0 Å². The van der Waals surface area contributed by atoms with E-state index < -0.39 is 30.4 Å². The molecule has 2 rings (SSSR count). The molecule has 1 aliphatic rings. The fourth-order valence-electron chi connectivity index (χ4n) is 1.99. The molecule has 0 spiro atoms. The van der Waals surface area contributed by atoms with Crippen LogP contribution in [0.5, 0.6) is 0 Å². The van der Waals surface area contributed by atoms with Gasteiger partial charge in [-0.2, -0.15) is 0 Å². The number of benzene rings is 1. The van der Waals surface area contributed by atoms with Crippen molar-refractivity contribution in [3.8, 4) is 0 Å². The molecule has 0 unspecified atom stereocenters. The van der Waals surface area contributed by atoms with Gasteiger partial charge < -0.3 is 4.74 Å². The number of ether oxygens (including phenoxy) is 1. The number of esters is 1. The van der Waals surface area contributed by atoms with Crippen molar-refractivity contribution < 1.29 is 23.9 Å². The number of halogens is 2. The number of carbonyl (C=O) groups is 4. The van der Waals surface area contributed by atoms with Crippen molar-refractivity contribution in [1.29, 1.82) is 0 Å². The lowest BCUT2D eigenvalue weighted by atomic mass is 10.2. The molecule has 0 N–H and O–H groups in total. The SMILES string of the molecule is CCOC(=O)CN1C(=O)C(=O)N(Cc2ccc(Cl)cc2Cl)C1=O. The van der Waals surface area contributed by atoms with Crippen molar-refractivity contribution >= 4 is 47.0 Å². The first-order valence-corrected chi connectivity index (χ1v) is 7.37.